The summed E-state index contributed by atoms with van der Waals surface area (Å²) in [7, 11) is 0. The molecule has 0 saturated carbocycles. The summed E-state index contributed by atoms with van der Waals surface area (Å²) in [6.45, 7) is 12.6. The van der Waals surface area contributed by atoms with Gasteiger partial charge in [0.05, 0.1) is 6.04 Å². The van der Waals surface area contributed by atoms with Crippen LogP contribution in [-0.4, -0.2) is 28.4 Å². The number of hydrogen-bond donors (Lipinski definition) is 2. The monoisotopic (exact) mass is 246 g/mol. The molecule has 1 aliphatic heterocycles. The smallest absolute Gasteiger partial charge is 0.136 e. The van der Waals surface area contributed by atoms with Crippen LogP contribution in [0, 0.1) is 5.41 Å². The molecule has 1 heterocycles. The Morgan fingerprint density at radius 1 is 1.31 bits per heavy atom. The predicted octanol–water partition coefficient (Wildman–Crippen LogP) is 1.82. The Bertz CT molecular complexity index is 222. The van der Waals surface area contributed by atoms with Gasteiger partial charge in [0.25, 0.3) is 0 Å². The summed E-state index contributed by atoms with van der Waals surface area (Å²) in [5, 5.41) is 3.37. The Labute approximate surface area is 103 Å². The van der Waals surface area contributed by atoms with Gasteiger partial charge in [-0.15, -0.1) is 4.72 Å². The van der Waals surface area contributed by atoms with Gasteiger partial charge in [0, 0.05) is 11.4 Å². The quantitative estimate of drug-likeness (QED) is 0.747. The van der Waals surface area contributed by atoms with Crippen LogP contribution >= 0.6 is 0 Å². The first-order valence-electron chi connectivity index (χ1n) is 6.14. The molecule has 0 aromatic heterocycles. The topological polar surface area (TPSA) is 47.1 Å². The Kier molecular flexibility index (Phi) is 4.69. The first kappa shape index (κ1) is 14.3. The predicted molar refractivity (Wildman–Crippen MR) is 70.7 cm³/mol. The van der Waals surface area contributed by atoms with E-state index in [9.17, 15) is 4.55 Å². The van der Waals surface area contributed by atoms with Crippen LogP contribution in [0.3, 0.4) is 0 Å². The van der Waals surface area contributed by atoms with Crippen LogP contribution in [0.2, 0.25) is 0 Å². The van der Waals surface area contributed by atoms with Crippen LogP contribution in [0.25, 0.3) is 0 Å². The van der Waals surface area contributed by atoms with Crippen molar-refractivity contribution in [2.45, 2.75) is 58.2 Å². The van der Waals surface area contributed by atoms with E-state index in [1.54, 1.807) is 0 Å². The molecule has 1 fully saturated rings. The maximum Gasteiger partial charge on any atom is 0.136 e. The average molecular weight is 246 g/mol. The molecule has 0 aliphatic carbocycles. The third-order valence-electron chi connectivity index (χ3n) is 3.63. The van der Waals surface area contributed by atoms with E-state index in [1.165, 1.54) is 0 Å². The molecule has 1 saturated heterocycles. The van der Waals surface area contributed by atoms with Crippen molar-refractivity contribution < 1.29 is 4.55 Å². The molecule has 2 atom stereocenters. The van der Waals surface area contributed by atoms with Gasteiger partial charge >= 0.3 is 0 Å². The zero-order valence-electron chi connectivity index (χ0n) is 11.2. The summed E-state index contributed by atoms with van der Waals surface area (Å²) in [5.41, 5.74) is 0.270. The van der Waals surface area contributed by atoms with Crippen LogP contribution in [0.15, 0.2) is 0 Å². The zero-order chi connectivity index (χ0) is 12.4. The maximum absolute atomic E-state index is 12.0. The number of hydrogen-bond acceptors (Lipinski definition) is 3. The number of piperidine rings is 1. The molecule has 0 aromatic carbocycles. The molecule has 0 amide bonds. The van der Waals surface area contributed by atoms with Crippen LogP contribution in [-0.2, 0) is 11.4 Å². The molecule has 3 nitrogen and oxygen atoms in total. The lowest BCUT2D eigenvalue weighted by Crippen LogP contribution is -2.52. The Morgan fingerprint density at radius 3 is 2.25 bits per heavy atom. The molecule has 2 N–H and O–H groups in total. The molecule has 1 rings (SSSR count). The van der Waals surface area contributed by atoms with Gasteiger partial charge in [-0.1, -0.05) is 6.92 Å². The van der Waals surface area contributed by atoms with Crippen molar-refractivity contribution >= 4 is 11.4 Å². The maximum atomic E-state index is 12.0. The molecular weight excluding hydrogens is 220 g/mol. The summed E-state index contributed by atoms with van der Waals surface area (Å²) >= 11 is -0.965. The Balaban J connectivity index is 2.53. The second-order valence-corrected chi connectivity index (χ2v) is 8.12. The van der Waals surface area contributed by atoms with Crippen LogP contribution < -0.4 is 10.0 Å². The summed E-state index contributed by atoms with van der Waals surface area (Å²) in [5.74, 6) is 0. The van der Waals surface area contributed by atoms with E-state index in [0.29, 0.717) is 6.04 Å². The number of nitrogens with one attached hydrogen (secondary N) is 2. The van der Waals surface area contributed by atoms with E-state index in [2.05, 4.69) is 23.9 Å². The summed E-state index contributed by atoms with van der Waals surface area (Å²) in [4.78, 5) is 0. The molecule has 0 aromatic rings. The summed E-state index contributed by atoms with van der Waals surface area (Å²) in [6, 6.07) is 0.301. The van der Waals surface area contributed by atoms with Gasteiger partial charge in [-0.05, 0) is 59.0 Å². The minimum absolute atomic E-state index is 0.183. The van der Waals surface area contributed by atoms with Crippen molar-refractivity contribution in [3.05, 3.63) is 0 Å². The van der Waals surface area contributed by atoms with E-state index in [0.717, 1.165) is 25.9 Å². The van der Waals surface area contributed by atoms with Crippen LogP contribution in [0.1, 0.15) is 47.5 Å². The van der Waals surface area contributed by atoms with E-state index < -0.39 is 11.4 Å². The highest BCUT2D eigenvalue weighted by atomic mass is 32.2. The minimum atomic E-state index is -0.965. The average Bonchev–Trinajstić information content (AvgIpc) is 2.17. The van der Waals surface area contributed by atoms with Crippen LogP contribution in [0.5, 0.6) is 0 Å². The van der Waals surface area contributed by atoms with Gasteiger partial charge < -0.3 is 9.87 Å². The first-order chi connectivity index (χ1) is 7.26. The van der Waals surface area contributed by atoms with Crippen molar-refractivity contribution in [3.8, 4) is 0 Å². The third kappa shape index (κ3) is 3.62. The lowest BCUT2D eigenvalue weighted by atomic mass is 9.76. The Hall–Kier alpha value is 0.230. The fraction of sp³-hybridized carbons (Fsp3) is 1.00. The van der Waals surface area contributed by atoms with Crippen molar-refractivity contribution in [1.82, 2.24) is 10.0 Å². The zero-order valence-corrected chi connectivity index (χ0v) is 12.0. The third-order valence-corrected chi connectivity index (χ3v) is 5.31. The van der Waals surface area contributed by atoms with Gasteiger partial charge in [0.15, 0.2) is 0 Å². The van der Waals surface area contributed by atoms with Crippen molar-refractivity contribution in [2.24, 2.45) is 5.41 Å². The van der Waals surface area contributed by atoms with E-state index >= 15 is 0 Å². The second kappa shape index (κ2) is 5.25. The fourth-order valence-electron chi connectivity index (χ4n) is 1.91. The minimum Gasteiger partial charge on any atom is -0.598 e. The molecule has 96 valence electrons. The molecule has 0 bridgehead atoms. The number of rotatable bonds is 3. The standard InChI is InChI=1S/C12H26N2OS/c1-10(14-16(15)11(2,3)4)12(5)6-8-13-9-7-12/h10,13-14H,6-9H2,1-5H3/t10-,16-/m1/s1. The van der Waals surface area contributed by atoms with E-state index in [4.69, 9.17) is 0 Å². The fourth-order valence-corrected chi connectivity index (χ4v) is 2.87. The van der Waals surface area contributed by atoms with Crippen molar-refractivity contribution in [2.75, 3.05) is 13.1 Å². The Morgan fingerprint density at radius 2 is 1.81 bits per heavy atom. The van der Waals surface area contributed by atoms with E-state index in [1.807, 2.05) is 20.8 Å². The summed E-state index contributed by atoms with van der Waals surface area (Å²) < 4.78 is 15.1. The molecular formula is C12H26N2OS. The second-order valence-electron chi connectivity index (χ2n) is 6.12. The first-order valence-corrected chi connectivity index (χ1v) is 7.29. The van der Waals surface area contributed by atoms with Gasteiger partial charge in [0.1, 0.15) is 4.75 Å². The highest BCUT2D eigenvalue weighted by Crippen LogP contribution is 2.32. The molecule has 16 heavy (non-hydrogen) atoms. The molecule has 0 unspecified atom stereocenters. The largest absolute Gasteiger partial charge is 0.598 e. The highest BCUT2D eigenvalue weighted by Gasteiger charge is 2.37. The van der Waals surface area contributed by atoms with Crippen LogP contribution in [0.4, 0.5) is 0 Å². The summed E-state index contributed by atoms with van der Waals surface area (Å²) in [6.07, 6.45) is 2.31. The SMILES string of the molecule is C[C@@H](N[S@+]([O-])C(C)(C)C)C1(C)CCNCC1. The van der Waals surface area contributed by atoms with Gasteiger partial charge in [-0.2, -0.15) is 0 Å². The molecule has 4 heteroatoms. The highest BCUT2D eigenvalue weighted by molar-refractivity contribution is 7.90. The van der Waals surface area contributed by atoms with E-state index in [-0.39, 0.29) is 10.2 Å². The lowest BCUT2D eigenvalue weighted by Gasteiger charge is -2.40. The normalized spacial score (nSPS) is 25.1. The molecule has 0 spiro atoms. The van der Waals surface area contributed by atoms with Gasteiger partial charge in [-0.25, -0.2) is 0 Å². The van der Waals surface area contributed by atoms with Crippen molar-refractivity contribution in [3.63, 3.8) is 0 Å². The molecule has 0 radical (unpaired) electrons. The van der Waals surface area contributed by atoms with Gasteiger partial charge in [-0.3, -0.25) is 0 Å². The van der Waals surface area contributed by atoms with Crippen molar-refractivity contribution in [1.29, 1.82) is 0 Å². The molecule has 1 aliphatic rings. The van der Waals surface area contributed by atoms with Gasteiger partial charge in [0.2, 0.25) is 0 Å². The lowest BCUT2D eigenvalue weighted by molar-refractivity contribution is 0.180.